The zero-order chi connectivity index (χ0) is 13.9. The number of nitrogens with two attached hydrogens (primary N) is 1. The second-order valence-electron chi connectivity index (χ2n) is 5.40. The van der Waals surface area contributed by atoms with Crippen molar-refractivity contribution in [1.82, 2.24) is 0 Å². The van der Waals surface area contributed by atoms with Gasteiger partial charge in [0.05, 0.1) is 13.5 Å². The van der Waals surface area contributed by atoms with E-state index < -0.39 is 0 Å². The molecule has 1 aromatic carbocycles. The summed E-state index contributed by atoms with van der Waals surface area (Å²) in [5.41, 5.74) is 7.16. The number of hydrogen-bond acceptors (Lipinski definition) is 4. The maximum absolute atomic E-state index is 11.4. The van der Waals surface area contributed by atoms with Gasteiger partial charge in [-0.3, -0.25) is 4.79 Å². The van der Waals surface area contributed by atoms with Gasteiger partial charge in [0.25, 0.3) is 0 Å². The molecule has 1 aliphatic rings. The highest BCUT2D eigenvalue weighted by Gasteiger charge is 2.44. The van der Waals surface area contributed by atoms with Crippen molar-refractivity contribution in [3.63, 3.8) is 0 Å². The van der Waals surface area contributed by atoms with E-state index in [2.05, 4.69) is 24.3 Å². The van der Waals surface area contributed by atoms with E-state index in [1.807, 2.05) is 18.7 Å². The van der Waals surface area contributed by atoms with Gasteiger partial charge in [0.2, 0.25) is 0 Å². The Morgan fingerprint density at radius 3 is 2.53 bits per heavy atom. The van der Waals surface area contributed by atoms with Crippen LogP contribution in [0.3, 0.4) is 0 Å². The molecule has 0 radical (unpaired) electrons. The molecule has 0 aliphatic heterocycles. The second kappa shape index (κ2) is 5.97. The summed E-state index contributed by atoms with van der Waals surface area (Å²) in [6.45, 7) is 1.98. The molecule has 1 fully saturated rings. The highest BCUT2D eigenvalue weighted by atomic mass is 32.2. The van der Waals surface area contributed by atoms with Gasteiger partial charge in [0.15, 0.2) is 0 Å². The molecule has 2 rings (SSSR count). The minimum atomic E-state index is -0.0922. The molecule has 1 saturated carbocycles. The number of hydrogen-bond donors (Lipinski definition) is 1. The van der Waals surface area contributed by atoms with Crippen LogP contribution in [-0.4, -0.2) is 18.8 Å². The zero-order valence-electron chi connectivity index (χ0n) is 11.5. The Kier molecular flexibility index (Phi) is 4.53. The molecule has 0 bridgehead atoms. The van der Waals surface area contributed by atoms with Gasteiger partial charge in [-0.15, -0.1) is 11.8 Å². The van der Waals surface area contributed by atoms with E-state index in [4.69, 9.17) is 10.5 Å². The van der Waals surface area contributed by atoms with Crippen LogP contribution in [0.4, 0.5) is 0 Å². The van der Waals surface area contributed by atoms with Gasteiger partial charge in [-0.2, -0.15) is 0 Å². The fraction of sp³-hybridized carbons (Fsp3) is 0.533. The van der Waals surface area contributed by atoms with Crippen molar-refractivity contribution >= 4 is 17.7 Å². The van der Waals surface area contributed by atoms with Gasteiger partial charge < -0.3 is 10.5 Å². The lowest BCUT2D eigenvalue weighted by Gasteiger charge is -2.13. The second-order valence-corrected chi connectivity index (χ2v) is 6.45. The molecule has 19 heavy (non-hydrogen) atoms. The maximum Gasteiger partial charge on any atom is 0.306 e. The lowest BCUT2D eigenvalue weighted by Crippen LogP contribution is -2.13. The summed E-state index contributed by atoms with van der Waals surface area (Å²) in [5, 5.41) is 0. The van der Waals surface area contributed by atoms with Crippen molar-refractivity contribution in [1.29, 1.82) is 0 Å². The van der Waals surface area contributed by atoms with Crippen molar-refractivity contribution in [2.24, 2.45) is 11.1 Å². The van der Waals surface area contributed by atoms with E-state index in [9.17, 15) is 4.79 Å². The van der Waals surface area contributed by atoms with Crippen LogP contribution in [-0.2, 0) is 9.53 Å². The fourth-order valence-electron chi connectivity index (χ4n) is 2.03. The molecule has 104 valence electrons. The fourth-order valence-corrected chi connectivity index (χ4v) is 3.22. The molecule has 1 aromatic rings. The normalized spacial score (nSPS) is 17.8. The van der Waals surface area contributed by atoms with E-state index >= 15 is 0 Å². The van der Waals surface area contributed by atoms with Gasteiger partial charge in [0, 0.05) is 16.7 Å². The molecule has 0 heterocycles. The van der Waals surface area contributed by atoms with Crippen LogP contribution in [0.5, 0.6) is 0 Å². The first-order valence-corrected chi connectivity index (χ1v) is 7.58. The Morgan fingerprint density at radius 2 is 2.05 bits per heavy atom. The summed E-state index contributed by atoms with van der Waals surface area (Å²) in [4.78, 5) is 12.6. The molecule has 0 amide bonds. The van der Waals surface area contributed by atoms with Crippen LogP contribution in [0, 0.1) is 5.41 Å². The van der Waals surface area contributed by atoms with Crippen LogP contribution in [0.15, 0.2) is 29.2 Å². The molecule has 3 nitrogen and oxygen atoms in total. The van der Waals surface area contributed by atoms with E-state index in [0.29, 0.717) is 6.42 Å². The average molecular weight is 279 g/mol. The SMILES string of the molecule is COC(=O)CC1(CSc2ccc([C@@H](C)N)cc2)CC1. The molecule has 4 heteroatoms. The number of esters is 1. The predicted molar refractivity (Wildman–Crippen MR) is 78.1 cm³/mol. The van der Waals surface area contributed by atoms with E-state index in [-0.39, 0.29) is 17.4 Å². The van der Waals surface area contributed by atoms with Gasteiger partial charge in [-0.1, -0.05) is 12.1 Å². The number of ether oxygens (including phenoxy) is 1. The van der Waals surface area contributed by atoms with Crippen LogP contribution in [0.1, 0.15) is 37.8 Å². The largest absolute Gasteiger partial charge is 0.469 e. The average Bonchev–Trinajstić information content (AvgIpc) is 3.17. The molecular formula is C15H21NO2S. The monoisotopic (exact) mass is 279 g/mol. The minimum Gasteiger partial charge on any atom is -0.469 e. The van der Waals surface area contributed by atoms with Crippen molar-refractivity contribution in [2.45, 2.75) is 37.1 Å². The molecule has 0 spiro atoms. The summed E-state index contributed by atoms with van der Waals surface area (Å²) in [6, 6.07) is 8.45. The lowest BCUT2D eigenvalue weighted by molar-refractivity contribution is -0.141. The van der Waals surface area contributed by atoms with E-state index in [1.54, 1.807) is 0 Å². The Balaban J connectivity index is 1.87. The maximum atomic E-state index is 11.4. The summed E-state index contributed by atoms with van der Waals surface area (Å²) in [5.74, 6) is 0.894. The molecule has 0 unspecified atom stereocenters. The summed E-state index contributed by atoms with van der Waals surface area (Å²) < 4.78 is 4.76. The van der Waals surface area contributed by atoms with Gasteiger partial charge >= 0.3 is 5.97 Å². The number of methoxy groups -OCH3 is 1. The predicted octanol–water partition coefficient (Wildman–Crippen LogP) is 3.14. The third-order valence-electron chi connectivity index (χ3n) is 3.66. The number of benzene rings is 1. The van der Waals surface area contributed by atoms with E-state index in [1.165, 1.54) is 12.0 Å². The number of thioether (sulfide) groups is 1. The number of carbonyl (C=O) groups excluding carboxylic acids is 1. The topological polar surface area (TPSA) is 52.3 Å². The molecule has 0 aromatic heterocycles. The van der Waals surface area contributed by atoms with Gasteiger partial charge in [-0.05, 0) is 42.9 Å². The highest BCUT2D eigenvalue weighted by molar-refractivity contribution is 7.99. The first-order valence-electron chi connectivity index (χ1n) is 6.60. The molecule has 2 N–H and O–H groups in total. The van der Waals surface area contributed by atoms with E-state index in [0.717, 1.165) is 24.2 Å². The highest BCUT2D eigenvalue weighted by Crippen LogP contribution is 2.52. The van der Waals surface area contributed by atoms with Crippen molar-refractivity contribution < 1.29 is 9.53 Å². The minimum absolute atomic E-state index is 0.0770. The van der Waals surface area contributed by atoms with Gasteiger partial charge in [-0.25, -0.2) is 0 Å². The van der Waals surface area contributed by atoms with Crippen molar-refractivity contribution in [2.75, 3.05) is 12.9 Å². The van der Waals surface area contributed by atoms with Crippen molar-refractivity contribution in [3.8, 4) is 0 Å². The Hall–Kier alpha value is -1.00. The zero-order valence-corrected chi connectivity index (χ0v) is 12.3. The lowest BCUT2D eigenvalue weighted by atomic mass is 10.1. The number of rotatable bonds is 6. The standard InChI is InChI=1S/C15H21NO2S/c1-11(16)12-3-5-13(6-4-12)19-10-15(7-8-15)9-14(17)18-2/h3-6,11H,7-10,16H2,1-2H3/t11-/m1/s1. The molecular weight excluding hydrogens is 258 g/mol. The molecule has 1 atom stereocenters. The first kappa shape index (κ1) is 14.4. The third-order valence-corrected chi connectivity index (χ3v) is 5.02. The van der Waals surface area contributed by atoms with Crippen LogP contribution in [0.2, 0.25) is 0 Å². The van der Waals surface area contributed by atoms with Crippen LogP contribution >= 0.6 is 11.8 Å². The van der Waals surface area contributed by atoms with Gasteiger partial charge in [0.1, 0.15) is 0 Å². The molecule has 0 saturated heterocycles. The van der Waals surface area contributed by atoms with Crippen LogP contribution in [0.25, 0.3) is 0 Å². The summed E-state index contributed by atoms with van der Waals surface area (Å²) in [6.07, 6.45) is 2.81. The summed E-state index contributed by atoms with van der Waals surface area (Å²) in [7, 11) is 1.46. The first-order chi connectivity index (χ1) is 9.04. The Labute approximate surface area is 118 Å². The summed E-state index contributed by atoms with van der Waals surface area (Å²) >= 11 is 1.81. The van der Waals surface area contributed by atoms with Crippen molar-refractivity contribution in [3.05, 3.63) is 29.8 Å². The van der Waals surface area contributed by atoms with Crippen LogP contribution < -0.4 is 5.73 Å². The Morgan fingerprint density at radius 1 is 1.42 bits per heavy atom. The quantitative estimate of drug-likeness (QED) is 0.642. The Bertz CT molecular complexity index is 438. The third kappa shape index (κ3) is 3.98. The number of carbonyl (C=O) groups is 1. The smallest absolute Gasteiger partial charge is 0.306 e. The molecule has 1 aliphatic carbocycles.